The number of pyridine rings is 1. The molecule has 1 unspecified atom stereocenters. The molecule has 0 bridgehead atoms. The van der Waals surface area contributed by atoms with Gasteiger partial charge in [-0.05, 0) is 30.5 Å². The number of nitrogens with zero attached hydrogens (tertiary/aromatic N) is 2. The number of nitriles is 1. The molecule has 5 heteroatoms. The van der Waals surface area contributed by atoms with Crippen LogP contribution in [0.15, 0.2) is 41.2 Å². The highest BCUT2D eigenvalue weighted by Gasteiger charge is 2.28. The fourth-order valence-electron chi connectivity index (χ4n) is 2.57. The fourth-order valence-corrected chi connectivity index (χ4v) is 2.57. The average Bonchev–Trinajstić information content (AvgIpc) is 2.49. The van der Waals surface area contributed by atoms with E-state index in [9.17, 15) is 14.7 Å². The van der Waals surface area contributed by atoms with Gasteiger partial charge in [-0.25, -0.2) is 4.79 Å². The summed E-state index contributed by atoms with van der Waals surface area (Å²) in [4.78, 5) is 24.3. The van der Waals surface area contributed by atoms with Crippen LogP contribution in [0.25, 0.3) is 11.3 Å². The van der Waals surface area contributed by atoms with Gasteiger partial charge in [-0.15, -0.1) is 0 Å². The Morgan fingerprint density at radius 3 is 2.26 bits per heavy atom. The van der Waals surface area contributed by atoms with Gasteiger partial charge in [0.1, 0.15) is 17.7 Å². The third-order valence-corrected chi connectivity index (χ3v) is 3.75. The number of aliphatic carboxylic acids is 1. The van der Waals surface area contributed by atoms with Crippen molar-refractivity contribution in [2.24, 2.45) is 5.92 Å². The van der Waals surface area contributed by atoms with Gasteiger partial charge >= 0.3 is 5.97 Å². The van der Waals surface area contributed by atoms with Crippen molar-refractivity contribution >= 4 is 5.97 Å². The lowest BCUT2D eigenvalue weighted by Crippen LogP contribution is -2.35. The van der Waals surface area contributed by atoms with E-state index in [2.05, 4.69) is 0 Å². The van der Waals surface area contributed by atoms with Gasteiger partial charge in [0, 0.05) is 0 Å². The molecule has 5 nitrogen and oxygen atoms in total. The molecule has 1 N–H and O–H groups in total. The maximum atomic E-state index is 12.6. The maximum absolute atomic E-state index is 12.6. The highest BCUT2D eigenvalue weighted by atomic mass is 16.4. The van der Waals surface area contributed by atoms with Crippen LogP contribution in [-0.4, -0.2) is 15.6 Å². The Labute approximate surface area is 134 Å². The van der Waals surface area contributed by atoms with Gasteiger partial charge in [0.2, 0.25) is 0 Å². The molecule has 0 amide bonds. The Bertz CT molecular complexity index is 827. The van der Waals surface area contributed by atoms with Gasteiger partial charge < -0.3 is 5.11 Å². The van der Waals surface area contributed by atoms with E-state index in [1.54, 1.807) is 19.9 Å². The smallest absolute Gasteiger partial charge is 0.327 e. The summed E-state index contributed by atoms with van der Waals surface area (Å²) in [5.74, 6) is -1.39. The first-order chi connectivity index (χ1) is 10.9. The van der Waals surface area contributed by atoms with Crippen molar-refractivity contribution < 1.29 is 9.90 Å². The van der Waals surface area contributed by atoms with E-state index in [0.717, 1.165) is 11.1 Å². The number of aryl methyl sites for hydroxylation is 1. The summed E-state index contributed by atoms with van der Waals surface area (Å²) in [5, 5.41) is 18.6. The van der Waals surface area contributed by atoms with Crippen LogP contribution in [0.5, 0.6) is 0 Å². The van der Waals surface area contributed by atoms with Gasteiger partial charge in [-0.3, -0.25) is 9.36 Å². The molecule has 0 saturated heterocycles. The first-order valence-corrected chi connectivity index (χ1v) is 7.32. The van der Waals surface area contributed by atoms with Crippen LogP contribution in [0.2, 0.25) is 0 Å². The SMILES string of the molecule is Cc1ccc(-c2ccc(C#N)c(=O)n2C(C(=O)O)C(C)C)cc1. The van der Waals surface area contributed by atoms with Crippen molar-refractivity contribution in [1.82, 2.24) is 4.57 Å². The van der Waals surface area contributed by atoms with Gasteiger partial charge in [0.05, 0.1) is 5.69 Å². The van der Waals surface area contributed by atoms with Crippen molar-refractivity contribution in [3.63, 3.8) is 0 Å². The zero-order valence-corrected chi connectivity index (χ0v) is 13.3. The lowest BCUT2D eigenvalue weighted by molar-refractivity contribution is -0.142. The minimum Gasteiger partial charge on any atom is -0.480 e. The Kier molecular flexibility index (Phi) is 4.65. The van der Waals surface area contributed by atoms with E-state index >= 15 is 0 Å². The van der Waals surface area contributed by atoms with Crippen LogP contribution in [-0.2, 0) is 4.79 Å². The zero-order chi connectivity index (χ0) is 17.1. The number of benzene rings is 1. The average molecular weight is 310 g/mol. The molecule has 0 radical (unpaired) electrons. The molecule has 0 spiro atoms. The number of carbonyl (C=O) groups is 1. The molecule has 0 fully saturated rings. The zero-order valence-electron chi connectivity index (χ0n) is 13.3. The molecule has 0 aliphatic rings. The summed E-state index contributed by atoms with van der Waals surface area (Å²) in [7, 11) is 0. The standard InChI is InChI=1S/C18H18N2O3/c1-11(2)16(18(22)23)20-15(9-8-14(10-19)17(20)21)13-6-4-12(3)5-7-13/h4-9,11,16H,1-3H3,(H,22,23). The maximum Gasteiger partial charge on any atom is 0.327 e. The number of carboxylic acid groups (broad SMARTS) is 1. The normalized spacial score (nSPS) is 12.0. The van der Waals surface area contributed by atoms with Crippen molar-refractivity contribution in [1.29, 1.82) is 5.26 Å². The second-order valence-corrected chi connectivity index (χ2v) is 5.81. The monoisotopic (exact) mass is 310 g/mol. The summed E-state index contributed by atoms with van der Waals surface area (Å²) >= 11 is 0. The quantitative estimate of drug-likeness (QED) is 0.941. The topological polar surface area (TPSA) is 83.1 Å². The number of hydrogen-bond acceptors (Lipinski definition) is 3. The number of aromatic nitrogens is 1. The first-order valence-electron chi connectivity index (χ1n) is 7.32. The van der Waals surface area contributed by atoms with Crippen LogP contribution >= 0.6 is 0 Å². The Morgan fingerprint density at radius 2 is 1.78 bits per heavy atom. The van der Waals surface area contributed by atoms with Gasteiger partial charge in [0.25, 0.3) is 5.56 Å². The second-order valence-electron chi connectivity index (χ2n) is 5.81. The Hall–Kier alpha value is -2.87. The molecule has 1 heterocycles. The molecule has 0 aliphatic carbocycles. The van der Waals surface area contributed by atoms with Crippen LogP contribution < -0.4 is 5.56 Å². The van der Waals surface area contributed by atoms with E-state index in [1.165, 1.54) is 10.6 Å². The van der Waals surface area contributed by atoms with Crippen molar-refractivity contribution in [2.45, 2.75) is 26.8 Å². The van der Waals surface area contributed by atoms with E-state index in [-0.39, 0.29) is 11.5 Å². The lowest BCUT2D eigenvalue weighted by atomic mass is 10.0. The van der Waals surface area contributed by atoms with Crippen LogP contribution in [0.1, 0.15) is 31.0 Å². The number of hydrogen-bond donors (Lipinski definition) is 1. The largest absolute Gasteiger partial charge is 0.480 e. The Balaban J connectivity index is 2.80. The molecule has 1 aromatic carbocycles. The third-order valence-electron chi connectivity index (χ3n) is 3.75. The number of rotatable bonds is 4. The second kappa shape index (κ2) is 6.49. The predicted octanol–water partition coefficient (Wildman–Crippen LogP) is 2.98. The minimum atomic E-state index is -1.09. The van der Waals surface area contributed by atoms with Crippen LogP contribution in [0.3, 0.4) is 0 Å². The van der Waals surface area contributed by atoms with Crippen molar-refractivity contribution in [3.05, 3.63) is 57.9 Å². The first kappa shape index (κ1) is 16.5. The molecular weight excluding hydrogens is 292 g/mol. The molecule has 0 saturated carbocycles. The summed E-state index contributed by atoms with van der Waals surface area (Å²) in [5.41, 5.74) is 1.66. The van der Waals surface area contributed by atoms with Crippen LogP contribution in [0, 0.1) is 24.2 Å². The highest BCUT2D eigenvalue weighted by molar-refractivity contribution is 5.74. The van der Waals surface area contributed by atoms with Gasteiger partial charge in [-0.1, -0.05) is 43.7 Å². The number of carboxylic acids is 1. The minimum absolute atomic E-state index is 0.0623. The van der Waals surface area contributed by atoms with E-state index in [0.29, 0.717) is 5.69 Å². The van der Waals surface area contributed by atoms with E-state index in [4.69, 9.17) is 5.26 Å². The lowest BCUT2D eigenvalue weighted by Gasteiger charge is -2.23. The predicted molar refractivity (Wildman–Crippen MR) is 87.1 cm³/mol. The van der Waals surface area contributed by atoms with Gasteiger partial charge in [0.15, 0.2) is 0 Å². The molecule has 0 aliphatic heterocycles. The summed E-state index contributed by atoms with van der Waals surface area (Å²) in [6.45, 7) is 5.43. The van der Waals surface area contributed by atoms with Crippen molar-refractivity contribution in [2.75, 3.05) is 0 Å². The third kappa shape index (κ3) is 3.16. The molecular formula is C18H18N2O3. The molecule has 23 heavy (non-hydrogen) atoms. The molecule has 2 aromatic rings. The van der Waals surface area contributed by atoms with Crippen LogP contribution in [0.4, 0.5) is 0 Å². The molecule has 1 aromatic heterocycles. The van der Waals surface area contributed by atoms with Gasteiger partial charge in [-0.2, -0.15) is 5.26 Å². The highest BCUT2D eigenvalue weighted by Crippen LogP contribution is 2.26. The fraction of sp³-hybridized carbons (Fsp3) is 0.278. The molecule has 1 atom stereocenters. The van der Waals surface area contributed by atoms with Crippen molar-refractivity contribution in [3.8, 4) is 17.3 Å². The molecule has 118 valence electrons. The summed E-state index contributed by atoms with van der Waals surface area (Å²) < 4.78 is 1.22. The summed E-state index contributed by atoms with van der Waals surface area (Å²) in [6, 6.07) is 11.3. The summed E-state index contributed by atoms with van der Waals surface area (Å²) in [6.07, 6.45) is 0. The Morgan fingerprint density at radius 1 is 1.17 bits per heavy atom. The molecule has 2 rings (SSSR count). The van der Waals surface area contributed by atoms with E-state index < -0.39 is 17.6 Å². The van der Waals surface area contributed by atoms with E-state index in [1.807, 2.05) is 37.3 Å².